The van der Waals surface area contributed by atoms with Crippen molar-refractivity contribution in [3.8, 4) is 11.8 Å². The van der Waals surface area contributed by atoms with Gasteiger partial charge in [-0.2, -0.15) is 5.26 Å². The molecule has 0 aromatic heterocycles. The summed E-state index contributed by atoms with van der Waals surface area (Å²) in [5, 5.41) is 11.8. The molecule has 0 heterocycles. The van der Waals surface area contributed by atoms with Gasteiger partial charge in [-0.05, 0) is 18.6 Å². The lowest BCUT2D eigenvalue weighted by Crippen LogP contribution is -2.30. The molecule has 4 nitrogen and oxygen atoms in total. The van der Waals surface area contributed by atoms with E-state index in [2.05, 4.69) is 11.4 Å². The molecule has 0 saturated heterocycles. The minimum Gasteiger partial charge on any atom is -0.495 e. The highest BCUT2D eigenvalue weighted by atomic mass is 16.5. The van der Waals surface area contributed by atoms with Crippen molar-refractivity contribution in [2.45, 2.75) is 27.2 Å². The molecular weight excluding hydrogens is 228 g/mol. The number of ether oxygens (including phenoxy) is 1. The van der Waals surface area contributed by atoms with E-state index in [-0.39, 0.29) is 5.91 Å². The van der Waals surface area contributed by atoms with Crippen LogP contribution in [0.1, 0.15) is 32.8 Å². The minimum absolute atomic E-state index is 0.119. The predicted octanol–water partition coefficient (Wildman–Crippen LogP) is 2.94. The number of benzene rings is 1. The van der Waals surface area contributed by atoms with Gasteiger partial charge in [0, 0.05) is 5.41 Å². The molecule has 0 aliphatic rings. The summed E-state index contributed by atoms with van der Waals surface area (Å²) < 4.78 is 5.17. The van der Waals surface area contributed by atoms with Gasteiger partial charge >= 0.3 is 0 Å². The summed E-state index contributed by atoms with van der Waals surface area (Å²) in [5.41, 5.74) is 0.358. The van der Waals surface area contributed by atoms with E-state index < -0.39 is 5.41 Å². The van der Waals surface area contributed by atoms with Crippen LogP contribution in [0.2, 0.25) is 0 Å². The van der Waals surface area contributed by atoms with E-state index in [9.17, 15) is 4.79 Å². The highest BCUT2D eigenvalue weighted by Crippen LogP contribution is 2.30. The number of carbonyl (C=O) groups is 1. The second kappa shape index (κ2) is 5.54. The van der Waals surface area contributed by atoms with Gasteiger partial charge in [-0.1, -0.05) is 26.8 Å². The Hall–Kier alpha value is -2.02. The van der Waals surface area contributed by atoms with Crippen molar-refractivity contribution >= 4 is 11.6 Å². The molecule has 1 aromatic rings. The Labute approximate surface area is 108 Å². The number of hydrogen-bond donors (Lipinski definition) is 1. The second-order valence-corrected chi connectivity index (χ2v) is 4.69. The Balaban J connectivity index is 3.11. The Morgan fingerprint density at radius 3 is 2.67 bits per heavy atom. The average Bonchev–Trinajstić information content (AvgIpc) is 2.38. The number of carbonyl (C=O) groups excluding carboxylic acids is 1. The lowest BCUT2D eigenvalue weighted by Gasteiger charge is -2.22. The van der Waals surface area contributed by atoms with Gasteiger partial charge in [0.2, 0.25) is 5.91 Å². The molecule has 4 heteroatoms. The molecule has 0 bridgehead atoms. The molecule has 0 atom stereocenters. The van der Waals surface area contributed by atoms with Gasteiger partial charge in [-0.25, -0.2) is 0 Å². The van der Waals surface area contributed by atoms with E-state index in [0.29, 0.717) is 17.0 Å². The van der Waals surface area contributed by atoms with Crippen LogP contribution in [0.5, 0.6) is 5.75 Å². The maximum absolute atomic E-state index is 12.1. The summed E-state index contributed by atoms with van der Waals surface area (Å²) in [6, 6.07) is 7.14. The van der Waals surface area contributed by atoms with E-state index in [1.54, 1.807) is 18.2 Å². The number of methoxy groups -OCH3 is 1. The summed E-state index contributed by atoms with van der Waals surface area (Å²) in [7, 11) is 1.51. The number of rotatable bonds is 4. The Kier molecular flexibility index (Phi) is 4.33. The Morgan fingerprint density at radius 1 is 1.50 bits per heavy atom. The Bertz CT molecular complexity index is 487. The summed E-state index contributed by atoms with van der Waals surface area (Å²) >= 11 is 0. The van der Waals surface area contributed by atoms with Crippen molar-refractivity contribution in [2.75, 3.05) is 12.4 Å². The van der Waals surface area contributed by atoms with Gasteiger partial charge in [-0.3, -0.25) is 4.79 Å². The molecule has 96 valence electrons. The standard InChI is InChI=1S/C14H18N2O2/c1-5-14(2,3)13(17)16-12-10(9-15)7-6-8-11(12)18-4/h6-8H,5H2,1-4H3,(H,16,17). The molecule has 18 heavy (non-hydrogen) atoms. The highest BCUT2D eigenvalue weighted by molar-refractivity contribution is 5.97. The molecule has 0 spiro atoms. The monoisotopic (exact) mass is 246 g/mol. The van der Waals surface area contributed by atoms with Crippen LogP contribution < -0.4 is 10.1 Å². The number of nitriles is 1. The van der Waals surface area contributed by atoms with Crippen LogP contribution in [-0.2, 0) is 4.79 Å². The van der Waals surface area contributed by atoms with Crippen molar-refractivity contribution in [1.82, 2.24) is 0 Å². The molecule has 1 aromatic carbocycles. The zero-order valence-corrected chi connectivity index (χ0v) is 11.2. The molecule has 1 rings (SSSR count). The maximum Gasteiger partial charge on any atom is 0.230 e. The molecule has 0 aliphatic heterocycles. The van der Waals surface area contributed by atoms with E-state index in [1.807, 2.05) is 20.8 Å². The minimum atomic E-state index is -0.479. The quantitative estimate of drug-likeness (QED) is 0.888. The zero-order chi connectivity index (χ0) is 13.8. The maximum atomic E-state index is 12.1. The fourth-order valence-electron chi connectivity index (χ4n) is 1.37. The number of hydrogen-bond acceptors (Lipinski definition) is 3. The lowest BCUT2D eigenvalue weighted by molar-refractivity contribution is -0.124. The van der Waals surface area contributed by atoms with Gasteiger partial charge in [0.15, 0.2) is 0 Å². The summed E-state index contributed by atoms with van der Waals surface area (Å²) in [6.45, 7) is 5.68. The number of anilines is 1. The van der Waals surface area contributed by atoms with Crippen LogP contribution in [0.15, 0.2) is 18.2 Å². The first-order valence-corrected chi connectivity index (χ1v) is 5.84. The predicted molar refractivity (Wildman–Crippen MR) is 70.4 cm³/mol. The number of amides is 1. The van der Waals surface area contributed by atoms with Gasteiger partial charge < -0.3 is 10.1 Å². The molecule has 0 radical (unpaired) electrons. The van der Waals surface area contributed by atoms with Crippen molar-refractivity contribution in [3.05, 3.63) is 23.8 Å². The van der Waals surface area contributed by atoms with Crippen LogP contribution >= 0.6 is 0 Å². The van der Waals surface area contributed by atoms with Gasteiger partial charge in [0.05, 0.1) is 12.7 Å². The average molecular weight is 246 g/mol. The van der Waals surface area contributed by atoms with E-state index >= 15 is 0 Å². The van der Waals surface area contributed by atoms with Gasteiger partial charge in [0.25, 0.3) is 0 Å². The van der Waals surface area contributed by atoms with Crippen molar-refractivity contribution in [2.24, 2.45) is 5.41 Å². The van der Waals surface area contributed by atoms with Crippen LogP contribution in [0.3, 0.4) is 0 Å². The molecule has 0 aliphatic carbocycles. The van der Waals surface area contributed by atoms with Crippen LogP contribution in [0.25, 0.3) is 0 Å². The van der Waals surface area contributed by atoms with E-state index in [1.165, 1.54) is 7.11 Å². The lowest BCUT2D eigenvalue weighted by atomic mass is 9.89. The molecule has 1 amide bonds. The zero-order valence-electron chi connectivity index (χ0n) is 11.2. The second-order valence-electron chi connectivity index (χ2n) is 4.69. The van der Waals surface area contributed by atoms with Crippen molar-refractivity contribution in [3.63, 3.8) is 0 Å². The topological polar surface area (TPSA) is 62.1 Å². The first kappa shape index (κ1) is 14.0. The number of nitrogens with zero attached hydrogens (tertiary/aromatic N) is 1. The third kappa shape index (κ3) is 2.80. The third-order valence-corrected chi connectivity index (χ3v) is 3.10. The van der Waals surface area contributed by atoms with Crippen LogP contribution in [-0.4, -0.2) is 13.0 Å². The van der Waals surface area contributed by atoms with Gasteiger partial charge in [-0.15, -0.1) is 0 Å². The summed E-state index contributed by atoms with van der Waals surface area (Å²) in [5.74, 6) is 0.375. The smallest absolute Gasteiger partial charge is 0.230 e. The van der Waals surface area contributed by atoms with E-state index in [0.717, 1.165) is 6.42 Å². The van der Waals surface area contributed by atoms with E-state index in [4.69, 9.17) is 10.00 Å². The SMILES string of the molecule is CCC(C)(C)C(=O)Nc1c(C#N)cccc1OC. The van der Waals surface area contributed by atoms with Crippen LogP contribution in [0, 0.1) is 16.7 Å². The highest BCUT2D eigenvalue weighted by Gasteiger charge is 2.26. The first-order valence-electron chi connectivity index (χ1n) is 5.84. The number of para-hydroxylation sites is 1. The van der Waals surface area contributed by atoms with Crippen LogP contribution in [0.4, 0.5) is 5.69 Å². The fraction of sp³-hybridized carbons (Fsp3) is 0.429. The molecule has 0 fully saturated rings. The normalized spacial score (nSPS) is 10.6. The Morgan fingerprint density at radius 2 is 2.17 bits per heavy atom. The molecule has 1 N–H and O–H groups in total. The van der Waals surface area contributed by atoms with Crippen molar-refractivity contribution in [1.29, 1.82) is 5.26 Å². The fourth-order valence-corrected chi connectivity index (χ4v) is 1.37. The molecule has 0 saturated carbocycles. The summed E-state index contributed by atoms with van der Waals surface area (Å²) in [4.78, 5) is 12.1. The first-order chi connectivity index (χ1) is 8.46. The largest absolute Gasteiger partial charge is 0.495 e. The molecular formula is C14H18N2O2. The molecule has 0 unspecified atom stereocenters. The number of nitrogens with one attached hydrogen (secondary N) is 1. The van der Waals surface area contributed by atoms with Gasteiger partial charge in [0.1, 0.15) is 17.5 Å². The van der Waals surface area contributed by atoms with Crippen molar-refractivity contribution < 1.29 is 9.53 Å². The third-order valence-electron chi connectivity index (χ3n) is 3.10. The summed E-state index contributed by atoms with van der Waals surface area (Å²) in [6.07, 6.45) is 0.718.